The van der Waals surface area contributed by atoms with Crippen LogP contribution in [0, 0.1) is 0 Å². The van der Waals surface area contributed by atoms with Crippen LogP contribution in [-0.2, 0) is 10.0 Å². The van der Waals surface area contributed by atoms with Gasteiger partial charge in [0.1, 0.15) is 4.60 Å². The molecule has 0 amide bonds. The van der Waals surface area contributed by atoms with Crippen molar-refractivity contribution in [1.29, 1.82) is 0 Å². The van der Waals surface area contributed by atoms with Crippen LogP contribution in [0.2, 0.25) is 0 Å². The molecule has 1 aromatic carbocycles. The van der Waals surface area contributed by atoms with E-state index in [4.69, 9.17) is 0 Å². The molecule has 0 aliphatic heterocycles. The van der Waals surface area contributed by atoms with Gasteiger partial charge in [-0.3, -0.25) is 0 Å². The average Bonchev–Trinajstić information content (AvgIpc) is 2.46. The van der Waals surface area contributed by atoms with E-state index >= 15 is 0 Å². The number of rotatable bonds is 5. The van der Waals surface area contributed by atoms with E-state index in [1.165, 1.54) is 6.08 Å². The lowest BCUT2D eigenvalue weighted by Crippen LogP contribution is -2.24. The largest absolute Gasteiger partial charge is 0.242 e. The van der Waals surface area contributed by atoms with Gasteiger partial charge in [-0.2, -0.15) is 0 Å². The Balaban J connectivity index is 2.09. The molecule has 0 saturated heterocycles. The van der Waals surface area contributed by atoms with Crippen molar-refractivity contribution in [2.45, 2.75) is 13.0 Å². The molecule has 1 heterocycles. The van der Waals surface area contributed by atoms with Crippen molar-refractivity contribution in [2.75, 3.05) is 0 Å². The maximum Gasteiger partial charge on any atom is 0.234 e. The van der Waals surface area contributed by atoms with Crippen LogP contribution in [0.15, 0.2) is 58.5 Å². The van der Waals surface area contributed by atoms with Gasteiger partial charge < -0.3 is 0 Å². The molecule has 0 unspecified atom stereocenters. The third-order valence-electron chi connectivity index (χ3n) is 2.80. The van der Waals surface area contributed by atoms with Crippen molar-refractivity contribution in [3.8, 4) is 0 Å². The van der Waals surface area contributed by atoms with Crippen LogP contribution in [0.3, 0.4) is 0 Å². The molecule has 110 valence electrons. The maximum absolute atomic E-state index is 12.0. The van der Waals surface area contributed by atoms with Gasteiger partial charge in [0.25, 0.3) is 0 Å². The number of hydrogen-bond donors (Lipinski definition) is 1. The van der Waals surface area contributed by atoms with Gasteiger partial charge in [0.05, 0.1) is 5.69 Å². The highest BCUT2D eigenvalue weighted by atomic mass is 79.9. The lowest BCUT2D eigenvalue weighted by molar-refractivity contribution is 0.576. The zero-order valence-corrected chi connectivity index (χ0v) is 13.8. The summed E-state index contributed by atoms with van der Waals surface area (Å²) in [5.41, 5.74) is 1.48. The third kappa shape index (κ3) is 5.08. The number of hydrogen-bond acceptors (Lipinski definition) is 3. The SMILES string of the molecule is C[C@H](NS(=O)(=O)C=Cc1cccc(Br)n1)c1ccccc1. The van der Waals surface area contributed by atoms with Gasteiger partial charge >= 0.3 is 0 Å². The molecule has 2 aromatic rings. The van der Waals surface area contributed by atoms with Gasteiger partial charge in [0, 0.05) is 11.4 Å². The zero-order valence-electron chi connectivity index (χ0n) is 11.4. The molecular formula is C15H15BrN2O2S. The predicted molar refractivity (Wildman–Crippen MR) is 87.9 cm³/mol. The first-order valence-corrected chi connectivity index (χ1v) is 8.68. The highest BCUT2D eigenvalue weighted by Gasteiger charge is 2.12. The van der Waals surface area contributed by atoms with Crippen molar-refractivity contribution in [3.63, 3.8) is 0 Å². The average molecular weight is 367 g/mol. The first kappa shape index (κ1) is 15.9. The number of nitrogens with zero attached hydrogens (tertiary/aromatic N) is 1. The van der Waals surface area contributed by atoms with Crippen molar-refractivity contribution < 1.29 is 8.42 Å². The minimum absolute atomic E-state index is 0.295. The van der Waals surface area contributed by atoms with E-state index in [2.05, 4.69) is 25.6 Å². The Morgan fingerprint density at radius 3 is 2.52 bits per heavy atom. The summed E-state index contributed by atoms with van der Waals surface area (Å²) in [4.78, 5) is 4.15. The fourth-order valence-electron chi connectivity index (χ4n) is 1.77. The molecule has 0 saturated carbocycles. The number of halogens is 1. The van der Waals surface area contributed by atoms with Crippen LogP contribution < -0.4 is 4.72 Å². The normalized spacial score (nSPS) is 13.4. The Morgan fingerprint density at radius 2 is 1.86 bits per heavy atom. The summed E-state index contributed by atoms with van der Waals surface area (Å²) >= 11 is 3.24. The first-order valence-electron chi connectivity index (χ1n) is 6.34. The van der Waals surface area contributed by atoms with E-state index in [9.17, 15) is 8.42 Å². The number of benzene rings is 1. The molecule has 1 aromatic heterocycles. The van der Waals surface area contributed by atoms with Gasteiger partial charge in [-0.1, -0.05) is 36.4 Å². The monoisotopic (exact) mass is 366 g/mol. The van der Waals surface area contributed by atoms with Crippen LogP contribution >= 0.6 is 15.9 Å². The Hall–Kier alpha value is -1.50. The summed E-state index contributed by atoms with van der Waals surface area (Å²) in [6.45, 7) is 1.80. The second-order valence-electron chi connectivity index (χ2n) is 4.48. The van der Waals surface area contributed by atoms with E-state index in [1.54, 1.807) is 25.1 Å². The van der Waals surface area contributed by atoms with Gasteiger partial charge in [-0.05, 0) is 46.6 Å². The molecule has 0 spiro atoms. The smallest absolute Gasteiger partial charge is 0.234 e. The molecule has 0 radical (unpaired) electrons. The standard InChI is InChI=1S/C15H15BrN2O2S/c1-12(13-6-3-2-4-7-13)18-21(19,20)11-10-14-8-5-9-15(16)17-14/h2-12,18H,1H3/t12-/m0/s1. The third-order valence-corrected chi connectivity index (χ3v) is 4.41. The van der Waals surface area contributed by atoms with Crippen LogP contribution in [-0.4, -0.2) is 13.4 Å². The number of nitrogens with one attached hydrogen (secondary N) is 1. The molecule has 4 nitrogen and oxygen atoms in total. The zero-order chi connectivity index (χ0) is 15.3. The molecular weight excluding hydrogens is 352 g/mol. The Kier molecular flexibility index (Phi) is 5.27. The maximum atomic E-state index is 12.0. The highest BCUT2D eigenvalue weighted by Crippen LogP contribution is 2.13. The lowest BCUT2D eigenvalue weighted by Gasteiger charge is -2.12. The number of pyridine rings is 1. The molecule has 6 heteroatoms. The van der Waals surface area contributed by atoms with Crippen molar-refractivity contribution in [3.05, 3.63) is 69.8 Å². The quantitative estimate of drug-likeness (QED) is 0.823. The number of aromatic nitrogens is 1. The summed E-state index contributed by atoms with van der Waals surface area (Å²) in [6.07, 6.45) is 1.46. The van der Waals surface area contributed by atoms with E-state index < -0.39 is 10.0 Å². The van der Waals surface area contributed by atoms with Crippen LogP contribution in [0.25, 0.3) is 6.08 Å². The molecule has 0 aliphatic carbocycles. The number of sulfonamides is 1. The summed E-state index contributed by atoms with van der Waals surface area (Å²) in [5, 5.41) is 1.13. The van der Waals surface area contributed by atoms with E-state index in [-0.39, 0.29) is 6.04 Å². The topological polar surface area (TPSA) is 59.1 Å². The summed E-state index contributed by atoms with van der Waals surface area (Å²) < 4.78 is 27.3. The van der Waals surface area contributed by atoms with Gasteiger partial charge in [0.15, 0.2) is 0 Å². The molecule has 0 fully saturated rings. The minimum atomic E-state index is -3.53. The molecule has 1 N–H and O–H groups in total. The molecule has 0 aliphatic rings. The van der Waals surface area contributed by atoms with Crippen LogP contribution in [0.4, 0.5) is 0 Å². The summed E-state index contributed by atoms with van der Waals surface area (Å²) in [7, 11) is -3.53. The van der Waals surface area contributed by atoms with Crippen molar-refractivity contribution in [1.82, 2.24) is 9.71 Å². The predicted octanol–water partition coefficient (Wildman–Crippen LogP) is 3.50. The molecule has 1 atom stereocenters. The van der Waals surface area contributed by atoms with E-state index in [0.717, 1.165) is 11.0 Å². The summed E-state index contributed by atoms with van der Waals surface area (Å²) in [5.74, 6) is 0. The van der Waals surface area contributed by atoms with E-state index in [0.29, 0.717) is 10.3 Å². The van der Waals surface area contributed by atoms with Gasteiger partial charge in [0.2, 0.25) is 10.0 Å². The van der Waals surface area contributed by atoms with Gasteiger partial charge in [-0.15, -0.1) is 0 Å². The van der Waals surface area contributed by atoms with Crippen molar-refractivity contribution in [2.24, 2.45) is 0 Å². The second-order valence-corrected chi connectivity index (χ2v) is 6.89. The van der Waals surface area contributed by atoms with Gasteiger partial charge in [-0.25, -0.2) is 18.1 Å². The molecule has 21 heavy (non-hydrogen) atoms. The van der Waals surface area contributed by atoms with Crippen LogP contribution in [0.5, 0.6) is 0 Å². The fourth-order valence-corrected chi connectivity index (χ4v) is 3.15. The van der Waals surface area contributed by atoms with Crippen LogP contribution in [0.1, 0.15) is 24.2 Å². The summed E-state index contributed by atoms with van der Waals surface area (Å²) in [6, 6.07) is 14.4. The second kappa shape index (κ2) is 6.98. The molecule has 0 bridgehead atoms. The van der Waals surface area contributed by atoms with E-state index in [1.807, 2.05) is 30.3 Å². The first-order chi connectivity index (χ1) is 9.96. The molecule has 2 rings (SSSR count). The fraction of sp³-hybridized carbons (Fsp3) is 0.133. The minimum Gasteiger partial charge on any atom is -0.242 e. The Morgan fingerprint density at radius 1 is 1.14 bits per heavy atom. The van der Waals surface area contributed by atoms with Crippen molar-refractivity contribution >= 4 is 32.0 Å². The lowest BCUT2D eigenvalue weighted by atomic mass is 10.1. The Bertz CT molecular complexity index is 730. The highest BCUT2D eigenvalue weighted by molar-refractivity contribution is 9.10. The Labute approximate surface area is 133 Å².